The van der Waals surface area contributed by atoms with E-state index < -0.39 is 5.97 Å². The first-order valence-corrected chi connectivity index (χ1v) is 8.80. The number of rotatable bonds is 7. The summed E-state index contributed by atoms with van der Waals surface area (Å²) in [7, 11) is 2.80. The number of para-hydroxylation sites is 1. The molecule has 3 aromatic rings. The number of carbonyl (C=O) groups excluding carboxylic acids is 2. The predicted molar refractivity (Wildman–Crippen MR) is 106 cm³/mol. The molecule has 28 heavy (non-hydrogen) atoms. The summed E-state index contributed by atoms with van der Waals surface area (Å²) in [6, 6.07) is 13.0. The molecule has 144 valence electrons. The highest BCUT2D eigenvalue weighted by Gasteiger charge is 2.12. The number of ether oxygens (including phenoxy) is 3. The van der Waals surface area contributed by atoms with Crippen LogP contribution in [0.2, 0.25) is 0 Å². The second kappa shape index (κ2) is 8.90. The van der Waals surface area contributed by atoms with Gasteiger partial charge in [-0.1, -0.05) is 24.3 Å². The Labute approximate surface area is 162 Å². The highest BCUT2D eigenvalue weighted by atomic mass is 16.6. The first-order chi connectivity index (χ1) is 13.6. The zero-order chi connectivity index (χ0) is 19.9. The van der Waals surface area contributed by atoms with Crippen LogP contribution < -0.4 is 9.47 Å². The Morgan fingerprint density at radius 3 is 2.68 bits per heavy atom. The number of hydrogen-bond acceptors (Lipinski definition) is 5. The van der Waals surface area contributed by atoms with Crippen molar-refractivity contribution in [2.45, 2.75) is 12.8 Å². The van der Waals surface area contributed by atoms with Crippen molar-refractivity contribution in [2.24, 2.45) is 0 Å². The minimum atomic E-state index is -0.452. The molecule has 0 radical (unpaired) electrons. The number of carbonyl (C=O) groups is 2. The predicted octanol–water partition coefficient (Wildman–Crippen LogP) is 3.90. The van der Waals surface area contributed by atoms with Crippen molar-refractivity contribution in [3.63, 3.8) is 0 Å². The lowest BCUT2D eigenvalue weighted by Gasteiger charge is -2.10. The number of benzene rings is 2. The third-order valence-corrected chi connectivity index (χ3v) is 4.30. The molecule has 0 atom stereocenters. The summed E-state index contributed by atoms with van der Waals surface area (Å²) in [6.07, 6.45) is 5.64. The van der Waals surface area contributed by atoms with Crippen molar-refractivity contribution in [2.75, 3.05) is 14.2 Å². The van der Waals surface area contributed by atoms with E-state index in [-0.39, 0.29) is 12.4 Å². The van der Waals surface area contributed by atoms with Crippen molar-refractivity contribution in [1.29, 1.82) is 0 Å². The van der Waals surface area contributed by atoms with Crippen molar-refractivity contribution >= 4 is 28.9 Å². The largest absolute Gasteiger partial charge is 0.493 e. The zero-order valence-corrected chi connectivity index (χ0v) is 15.7. The third kappa shape index (κ3) is 4.59. The van der Waals surface area contributed by atoms with Crippen LogP contribution in [0, 0.1) is 0 Å². The van der Waals surface area contributed by atoms with Gasteiger partial charge in [0, 0.05) is 23.2 Å². The summed E-state index contributed by atoms with van der Waals surface area (Å²) < 4.78 is 15.3. The van der Waals surface area contributed by atoms with Crippen LogP contribution in [-0.2, 0) is 20.7 Å². The maximum Gasteiger partial charge on any atom is 0.330 e. The SMILES string of the molecule is COC(=O)/C=C/c1ccc(OC(=O)CCc2c[nH]c3ccccc23)c(OC)c1. The Bertz CT molecular complexity index is 1020. The van der Waals surface area contributed by atoms with Crippen molar-refractivity contribution in [3.05, 3.63) is 65.9 Å². The Hall–Kier alpha value is -3.54. The van der Waals surface area contributed by atoms with Gasteiger partial charge in [-0.2, -0.15) is 0 Å². The smallest absolute Gasteiger partial charge is 0.330 e. The van der Waals surface area contributed by atoms with Crippen LogP contribution in [0.3, 0.4) is 0 Å². The molecule has 3 rings (SSSR count). The quantitative estimate of drug-likeness (QED) is 0.383. The maximum atomic E-state index is 12.3. The van der Waals surface area contributed by atoms with Crippen LogP contribution >= 0.6 is 0 Å². The lowest BCUT2D eigenvalue weighted by Crippen LogP contribution is -2.09. The highest BCUT2D eigenvalue weighted by Crippen LogP contribution is 2.29. The Morgan fingerprint density at radius 2 is 1.89 bits per heavy atom. The first-order valence-electron chi connectivity index (χ1n) is 8.80. The van der Waals surface area contributed by atoms with Gasteiger partial charge >= 0.3 is 11.9 Å². The number of aromatic amines is 1. The number of hydrogen-bond donors (Lipinski definition) is 1. The summed E-state index contributed by atoms with van der Waals surface area (Å²) >= 11 is 0. The van der Waals surface area contributed by atoms with E-state index in [2.05, 4.69) is 9.72 Å². The average Bonchev–Trinajstić information content (AvgIpc) is 3.14. The van der Waals surface area contributed by atoms with E-state index in [1.54, 1.807) is 24.3 Å². The topological polar surface area (TPSA) is 77.6 Å². The third-order valence-electron chi connectivity index (χ3n) is 4.30. The molecule has 0 aliphatic rings. The van der Waals surface area contributed by atoms with Crippen molar-refractivity contribution in [1.82, 2.24) is 4.98 Å². The number of methoxy groups -OCH3 is 2. The van der Waals surface area contributed by atoms with Gasteiger partial charge in [0.1, 0.15) is 0 Å². The molecule has 1 N–H and O–H groups in total. The van der Waals surface area contributed by atoms with Gasteiger partial charge in [0.05, 0.1) is 20.6 Å². The minimum absolute atomic E-state index is 0.245. The molecule has 0 amide bonds. The Morgan fingerprint density at radius 1 is 1.07 bits per heavy atom. The van der Waals surface area contributed by atoms with E-state index >= 15 is 0 Å². The van der Waals surface area contributed by atoms with Crippen LogP contribution in [0.4, 0.5) is 0 Å². The molecular weight excluding hydrogens is 358 g/mol. The van der Waals surface area contributed by atoms with Gasteiger partial charge in [-0.25, -0.2) is 4.79 Å². The molecule has 0 saturated carbocycles. The summed E-state index contributed by atoms with van der Waals surface area (Å²) in [5.74, 6) is -0.0534. The summed E-state index contributed by atoms with van der Waals surface area (Å²) in [6.45, 7) is 0. The van der Waals surface area contributed by atoms with Gasteiger partial charge in [-0.05, 0) is 41.8 Å². The number of aromatic nitrogens is 1. The molecule has 6 nitrogen and oxygen atoms in total. The van der Waals surface area contributed by atoms with Crippen LogP contribution in [-0.4, -0.2) is 31.1 Å². The number of nitrogens with one attached hydrogen (secondary N) is 1. The fourth-order valence-electron chi connectivity index (χ4n) is 2.85. The zero-order valence-electron chi connectivity index (χ0n) is 15.7. The molecule has 6 heteroatoms. The monoisotopic (exact) mass is 379 g/mol. The summed E-state index contributed by atoms with van der Waals surface area (Å²) in [5.41, 5.74) is 2.84. The molecule has 0 aliphatic heterocycles. The van der Waals surface area contributed by atoms with Crippen LogP contribution in [0.15, 0.2) is 54.7 Å². The lowest BCUT2D eigenvalue weighted by atomic mass is 10.1. The minimum Gasteiger partial charge on any atom is -0.493 e. The van der Waals surface area contributed by atoms with Crippen LogP contribution in [0.5, 0.6) is 11.5 Å². The van der Waals surface area contributed by atoms with Gasteiger partial charge in [0.15, 0.2) is 11.5 Å². The molecule has 1 heterocycles. The van der Waals surface area contributed by atoms with E-state index in [4.69, 9.17) is 9.47 Å². The molecular formula is C22H21NO5. The second-order valence-electron chi connectivity index (χ2n) is 6.10. The van der Waals surface area contributed by atoms with Crippen LogP contribution in [0.25, 0.3) is 17.0 Å². The van der Waals surface area contributed by atoms with E-state index in [1.807, 2.05) is 30.5 Å². The molecule has 0 aliphatic carbocycles. The molecule has 1 aromatic heterocycles. The molecule has 0 fully saturated rings. The fourth-order valence-corrected chi connectivity index (χ4v) is 2.85. The fraction of sp³-hybridized carbons (Fsp3) is 0.182. The first kappa shape index (κ1) is 19.2. The standard InChI is InChI=1S/C22H21NO5/c1-26-20-13-15(8-11-21(24)27-2)7-10-19(20)28-22(25)12-9-16-14-23-18-6-4-3-5-17(16)18/h3-8,10-11,13-14,23H,9,12H2,1-2H3/b11-8+. The van der Waals surface area contributed by atoms with E-state index in [0.717, 1.165) is 22.0 Å². The van der Waals surface area contributed by atoms with Crippen molar-refractivity contribution < 1.29 is 23.8 Å². The van der Waals surface area contributed by atoms with Gasteiger partial charge in [0.2, 0.25) is 0 Å². The van der Waals surface area contributed by atoms with E-state index in [0.29, 0.717) is 17.9 Å². The van der Waals surface area contributed by atoms with Crippen molar-refractivity contribution in [3.8, 4) is 11.5 Å². The molecule has 2 aromatic carbocycles. The van der Waals surface area contributed by atoms with E-state index in [1.165, 1.54) is 20.3 Å². The van der Waals surface area contributed by atoms with Crippen LogP contribution in [0.1, 0.15) is 17.5 Å². The average molecular weight is 379 g/mol. The molecule has 0 bridgehead atoms. The molecule has 0 unspecified atom stereocenters. The molecule has 0 saturated heterocycles. The van der Waals surface area contributed by atoms with Gasteiger partial charge in [-0.3, -0.25) is 4.79 Å². The lowest BCUT2D eigenvalue weighted by molar-refractivity contribution is -0.135. The highest BCUT2D eigenvalue weighted by molar-refractivity contribution is 5.87. The van der Waals surface area contributed by atoms with Gasteiger partial charge in [0.25, 0.3) is 0 Å². The summed E-state index contributed by atoms with van der Waals surface area (Å²) in [4.78, 5) is 26.7. The van der Waals surface area contributed by atoms with Gasteiger partial charge < -0.3 is 19.2 Å². The maximum absolute atomic E-state index is 12.3. The number of fused-ring (bicyclic) bond motifs is 1. The number of aryl methyl sites for hydroxylation is 1. The second-order valence-corrected chi connectivity index (χ2v) is 6.10. The number of esters is 2. The normalized spacial score (nSPS) is 10.9. The Kier molecular flexibility index (Phi) is 6.11. The molecule has 0 spiro atoms. The summed E-state index contributed by atoms with van der Waals surface area (Å²) in [5, 5.41) is 1.11. The van der Waals surface area contributed by atoms with E-state index in [9.17, 15) is 9.59 Å². The Balaban J connectivity index is 1.64. The van der Waals surface area contributed by atoms with Gasteiger partial charge in [-0.15, -0.1) is 0 Å². The number of H-pyrrole nitrogens is 1.